The van der Waals surface area contributed by atoms with Crippen LogP contribution in [0.4, 0.5) is 10.1 Å². The Hall–Kier alpha value is -3.30. The minimum absolute atomic E-state index is 0.0340. The highest BCUT2D eigenvalue weighted by molar-refractivity contribution is 5.85. The van der Waals surface area contributed by atoms with Crippen molar-refractivity contribution in [3.8, 4) is 5.75 Å². The third-order valence-corrected chi connectivity index (χ3v) is 3.30. The van der Waals surface area contributed by atoms with Gasteiger partial charge in [0, 0.05) is 13.1 Å². The van der Waals surface area contributed by atoms with E-state index in [0.29, 0.717) is 5.69 Å². The van der Waals surface area contributed by atoms with E-state index in [-0.39, 0.29) is 17.0 Å². The Morgan fingerprint density at radius 2 is 2.20 bits per heavy atom. The zero-order chi connectivity index (χ0) is 18.6. The van der Waals surface area contributed by atoms with E-state index < -0.39 is 22.9 Å². The summed E-state index contributed by atoms with van der Waals surface area (Å²) in [6.07, 6.45) is 0.0888. The summed E-state index contributed by atoms with van der Waals surface area (Å²) in [6.45, 7) is 3.02. The number of hydrazone groups is 1. The van der Waals surface area contributed by atoms with Gasteiger partial charge in [0.05, 0.1) is 22.4 Å². The summed E-state index contributed by atoms with van der Waals surface area (Å²) in [5, 5.41) is 18.5. The van der Waals surface area contributed by atoms with Crippen LogP contribution in [0.1, 0.15) is 18.2 Å². The molecule has 1 N–H and O–H groups in total. The second kappa shape index (κ2) is 7.51. The fourth-order valence-electron chi connectivity index (χ4n) is 2.00. The first kappa shape index (κ1) is 18.0. The largest absolute Gasteiger partial charge is 0.474 e. The van der Waals surface area contributed by atoms with Gasteiger partial charge in [-0.3, -0.25) is 14.9 Å². The standard InChI is InChI=1S/C15H16FN5O4/c1-9-11(14(16)20(3)19-9)8-17-18-15(22)10(2)25-13-7-5-4-6-12(13)21(23)24/h4-8,10H,1-3H3,(H,18,22)/b17-8-/t10-/m1/s1. The third kappa shape index (κ3) is 4.16. The van der Waals surface area contributed by atoms with Gasteiger partial charge in [0.25, 0.3) is 5.91 Å². The van der Waals surface area contributed by atoms with E-state index in [0.717, 1.165) is 10.9 Å². The topological polar surface area (TPSA) is 112 Å². The van der Waals surface area contributed by atoms with E-state index >= 15 is 0 Å². The number of carbonyl (C=O) groups is 1. The molecule has 0 aliphatic carbocycles. The summed E-state index contributed by atoms with van der Waals surface area (Å²) in [5.74, 6) is -1.26. The highest BCUT2D eigenvalue weighted by atomic mass is 19.1. The Bertz CT molecular complexity index is 833. The molecule has 1 amide bonds. The second-order valence-corrected chi connectivity index (χ2v) is 5.13. The first-order chi connectivity index (χ1) is 11.8. The van der Waals surface area contributed by atoms with Gasteiger partial charge in [0.15, 0.2) is 11.9 Å². The zero-order valence-corrected chi connectivity index (χ0v) is 13.8. The Balaban J connectivity index is 2.01. The molecule has 1 aromatic carbocycles. The van der Waals surface area contributed by atoms with E-state index in [2.05, 4.69) is 15.6 Å². The number of halogens is 1. The maximum Gasteiger partial charge on any atom is 0.310 e. The SMILES string of the molecule is Cc1nn(C)c(F)c1/C=N\NC(=O)[C@@H](C)Oc1ccccc1[N+](=O)[O-]. The molecule has 0 aliphatic rings. The van der Waals surface area contributed by atoms with Crippen molar-refractivity contribution < 1.29 is 18.8 Å². The molecule has 1 heterocycles. The number of aryl methyl sites for hydroxylation is 2. The van der Waals surface area contributed by atoms with E-state index in [1.165, 1.54) is 32.2 Å². The summed E-state index contributed by atoms with van der Waals surface area (Å²) in [6, 6.07) is 5.70. The number of hydrogen-bond donors (Lipinski definition) is 1. The highest BCUT2D eigenvalue weighted by Gasteiger charge is 2.20. The van der Waals surface area contributed by atoms with Gasteiger partial charge in [-0.05, 0) is 19.9 Å². The average molecular weight is 349 g/mol. The molecule has 0 radical (unpaired) electrons. The first-order valence-corrected chi connectivity index (χ1v) is 7.23. The molecule has 1 atom stereocenters. The van der Waals surface area contributed by atoms with Crippen LogP contribution < -0.4 is 10.2 Å². The van der Waals surface area contributed by atoms with Gasteiger partial charge >= 0.3 is 5.69 Å². The molecule has 0 fully saturated rings. The molecule has 132 valence electrons. The average Bonchev–Trinajstić information content (AvgIpc) is 2.81. The van der Waals surface area contributed by atoms with Gasteiger partial charge in [-0.1, -0.05) is 12.1 Å². The summed E-state index contributed by atoms with van der Waals surface area (Å²) in [4.78, 5) is 22.3. The van der Waals surface area contributed by atoms with Crippen molar-refractivity contribution in [2.75, 3.05) is 0 Å². The number of carbonyl (C=O) groups excluding carboxylic acids is 1. The molecule has 0 spiro atoms. The van der Waals surface area contributed by atoms with Crippen molar-refractivity contribution in [3.05, 3.63) is 51.6 Å². The lowest BCUT2D eigenvalue weighted by atomic mass is 10.3. The van der Waals surface area contributed by atoms with Gasteiger partial charge in [-0.15, -0.1) is 0 Å². The lowest BCUT2D eigenvalue weighted by Crippen LogP contribution is -2.33. The number of nitro groups is 1. The van der Waals surface area contributed by atoms with Crippen LogP contribution in [0.25, 0.3) is 0 Å². The minimum Gasteiger partial charge on any atom is -0.474 e. The molecule has 0 saturated carbocycles. The van der Waals surface area contributed by atoms with E-state index in [4.69, 9.17) is 4.74 Å². The van der Waals surface area contributed by atoms with Crippen LogP contribution >= 0.6 is 0 Å². The first-order valence-electron chi connectivity index (χ1n) is 7.23. The van der Waals surface area contributed by atoms with Gasteiger partial charge < -0.3 is 4.74 Å². The van der Waals surface area contributed by atoms with Crippen LogP contribution in [0, 0.1) is 23.0 Å². The fourth-order valence-corrected chi connectivity index (χ4v) is 2.00. The Kier molecular flexibility index (Phi) is 5.42. The molecule has 0 bridgehead atoms. The molecule has 9 nitrogen and oxygen atoms in total. The van der Waals surface area contributed by atoms with Crippen LogP contribution in [0.5, 0.6) is 5.75 Å². The number of rotatable bonds is 6. The van der Waals surface area contributed by atoms with Crippen molar-refractivity contribution in [1.29, 1.82) is 0 Å². The van der Waals surface area contributed by atoms with Gasteiger partial charge in [-0.25, -0.2) is 10.1 Å². The number of nitrogens with one attached hydrogen (secondary N) is 1. The normalized spacial score (nSPS) is 12.2. The van der Waals surface area contributed by atoms with Crippen LogP contribution in [0.15, 0.2) is 29.4 Å². The zero-order valence-electron chi connectivity index (χ0n) is 13.8. The van der Waals surface area contributed by atoms with Crippen molar-refractivity contribution in [2.24, 2.45) is 12.1 Å². The van der Waals surface area contributed by atoms with Gasteiger partial charge in [0.2, 0.25) is 5.95 Å². The predicted octanol–water partition coefficient (Wildman–Crippen LogP) is 1.69. The smallest absolute Gasteiger partial charge is 0.310 e. The molecular formula is C15H16FN5O4. The van der Waals surface area contributed by atoms with Crippen molar-refractivity contribution in [1.82, 2.24) is 15.2 Å². The van der Waals surface area contributed by atoms with Gasteiger partial charge in [-0.2, -0.15) is 14.6 Å². The lowest BCUT2D eigenvalue weighted by molar-refractivity contribution is -0.386. The van der Waals surface area contributed by atoms with Crippen LogP contribution in [-0.4, -0.2) is 32.9 Å². The van der Waals surface area contributed by atoms with Gasteiger partial charge in [0.1, 0.15) is 0 Å². The number of nitrogens with zero attached hydrogens (tertiary/aromatic N) is 4. The molecular weight excluding hydrogens is 333 g/mol. The fraction of sp³-hybridized carbons (Fsp3) is 0.267. The highest BCUT2D eigenvalue weighted by Crippen LogP contribution is 2.26. The molecule has 0 unspecified atom stereocenters. The number of aromatic nitrogens is 2. The minimum atomic E-state index is -1.04. The van der Waals surface area contributed by atoms with Crippen molar-refractivity contribution in [3.63, 3.8) is 0 Å². The summed E-state index contributed by atoms with van der Waals surface area (Å²) in [7, 11) is 1.45. The Morgan fingerprint density at radius 1 is 1.52 bits per heavy atom. The van der Waals surface area contributed by atoms with Crippen LogP contribution in [-0.2, 0) is 11.8 Å². The van der Waals surface area contributed by atoms with Crippen molar-refractivity contribution >= 4 is 17.8 Å². The molecule has 25 heavy (non-hydrogen) atoms. The Labute approximate surface area is 142 Å². The predicted molar refractivity (Wildman–Crippen MR) is 86.8 cm³/mol. The summed E-state index contributed by atoms with van der Waals surface area (Å²) < 4.78 is 20.1. The third-order valence-electron chi connectivity index (χ3n) is 3.30. The molecule has 0 saturated heterocycles. The second-order valence-electron chi connectivity index (χ2n) is 5.13. The quantitative estimate of drug-likeness (QED) is 0.484. The summed E-state index contributed by atoms with van der Waals surface area (Å²) in [5.41, 5.74) is 2.51. The van der Waals surface area contributed by atoms with Crippen LogP contribution in [0.2, 0.25) is 0 Å². The molecule has 2 aromatic rings. The molecule has 0 aliphatic heterocycles. The number of para-hydroxylation sites is 2. The Morgan fingerprint density at radius 3 is 2.80 bits per heavy atom. The maximum absolute atomic E-state index is 13.7. The lowest BCUT2D eigenvalue weighted by Gasteiger charge is -2.12. The van der Waals surface area contributed by atoms with E-state index in [1.807, 2.05) is 0 Å². The molecule has 10 heteroatoms. The number of benzene rings is 1. The van der Waals surface area contributed by atoms with E-state index in [1.54, 1.807) is 13.0 Å². The molecule has 1 aromatic heterocycles. The monoisotopic (exact) mass is 349 g/mol. The summed E-state index contributed by atoms with van der Waals surface area (Å²) >= 11 is 0. The van der Waals surface area contributed by atoms with E-state index in [9.17, 15) is 19.3 Å². The van der Waals surface area contributed by atoms with Crippen molar-refractivity contribution in [2.45, 2.75) is 20.0 Å². The van der Waals surface area contributed by atoms with Crippen LogP contribution in [0.3, 0.4) is 0 Å². The number of hydrogen-bond acceptors (Lipinski definition) is 6. The number of amides is 1. The number of ether oxygens (including phenoxy) is 1. The maximum atomic E-state index is 13.7. The number of nitro benzene ring substituents is 1. The molecule has 2 rings (SSSR count).